The van der Waals surface area contributed by atoms with E-state index in [-0.39, 0.29) is 29.0 Å². The van der Waals surface area contributed by atoms with Gasteiger partial charge in [-0.1, -0.05) is 13.8 Å². The van der Waals surface area contributed by atoms with Crippen LogP contribution in [0, 0.1) is 16.0 Å². The molecule has 0 aliphatic rings. The van der Waals surface area contributed by atoms with Gasteiger partial charge in [0.2, 0.25) is 0 Å². The number of rotatable bonds is 5. The van der Waals surface area contributed by atoms with Crippen LogP contribution in [0.5, 0.6) is 11.5 Å². The number of benzene rings is 2. The molecule has 2 aromatic carbocycles. The third-order valence-electron chi connectivity index (χ3n) is 3.59. The lowest BCUT2D eigenvalue weighted by molar-refractivity contribution is -0.385. The van der Waals surface area contributed by atoms with Gasteiger partial charge < -0.3 is 19.7 Å². The first-order chi connectivity index (χ1) is 11.3. The number of esters is 1. The van der Waals surface area contributed by atoms with E-state index in [0.29, 0.717) is 10.8 Å². The van der Waals surface area contributed by atoms with E-state index in [4.69, 9.17) is 4.74 Å². The molecule has 0 radical (unpaired) electrons. The number of carbonyl (C=O) groups excluding carboxylic acids is 1. The van der Waals surface area contributed by atoms with Crippen molar-refractivity contribution in [2.75, 3.05) is 0 Å². The van der Waals surface area contributed by atoms with E-state index < -0.39 is 32.2 Å². The van der Waals surface area contributed by atoms with E-state index in [1.54, 1.807) is 13.8 Å². The highest BCUT2D eigenvalue weighted by molar-refractivity contribution is 6.52. The smallest absolute Gasteiger partial charge is 0.308 e. The summed E-state index contributed by atoms with van der Waals surface area (Å²) in [7, 11) is -1.89. The van der Waals surface area contributed by atoms with E-state index in [9.17, 15) is 29.9 Å². The number of aromatic hydroxyl groups is 2. The van der Waals surface area contributed by atoms with Crippen LogP contribution in [0.2, 0.25) is 0 Å². The fourth-order valence-corrected chi connectivity index (χ4v) is 3.10. The second kappa shape index (κ2) is 6.85. The SMILES string of the molecule is CC(C)C(=O)OCc1cc2cc(O)c(O)c([SiH2]O)c2cc1[N+](=O)[O-]. The molecule has 0 heterocycles. The molecule has 2 rings (SSSR count). The number of nitro groups is 1. The lowest BCUT2D eigenvalue weighted by atomic mass is 10.0. The first-order valence-electron chi connectivity index (χ1n) is 7.18. The third-order valence-corrected chi connectivity index (χ3v) is 4.62. The van der Waals surface area contributed by atoms with Crippen LogP contribution < -0.4 is 5.19 Å². The van der Waals surface area contributed by atoms with Gasteiger partial charge in [-0.15, -0.1) is 0 Å². The van der Waals surface area contributed by atoms with E-state index in [1.807, 2.05) is 0 Å². The van der Waals surface area contributed by atoms with Crippen LogP contribution in [0.15, 0.2) is 18.2 Å². The van der Waals surface area contributed by atoms with E-state index in [1.165, 1.54) is 18.2 Å². The second-order valence-electron chi connectivity index (χ2n) is 5.60. The normalized spacial score (nSPS) is 11.5. The van der Waals surface area contributed by atoms with Gasteiger partial charge in [-0.05, 0) is 22.9 Å². The summed E-state index contributed by atoms with van der Waals surface area (Å²) in [6.45, 7) is 3.02. The standard InChI is InChI=1S/C15H17NO7Si/c1-7(2)15(19)23-6-9-3-8-4-12(17)13(18)14(24-22)10(8)5-11(9)16(20)21/h3-5,7,17-18,22H,6,24H2,1-2H3. The van der Waals surface area contributed by atoms with Gasteiger partial charge in [-0.3, -0.25) is 14.9 Å². The van der Waals surface area contributed by atoms with Gasteiger partial charge in [0.15, 0.2) is 21.3 Å². The highest BCUT2D eigenvalue weighted by Crippen LogP contribution is 2.32. The summed E-state index contributed by atoms with van der Waals surface area (Å²) in [6, 6.07) is 3.87. The molecular formula is C15H17NO7Si. The molecule has 9 heteroatoms. The molecule has 0 aliphatic heterocycles. The molecule has 0 fully saturated rings. The Morgan fingerprint density at radius 3 is 2.54 bits per heavy atom. The Bertz CT molecular complexity index is 819. The fraction of sp³-hybridized carbons (Fsp3) is 0.267. The first kappa shape index (κ1) is 17.7. The highest BCUT2D eigenvalue weighted by Gasteiger charge is 2.21. The van der Waals surface area contributed by atoms with Crippen molar-refractivity contribution in [3.63, 3.8) is 0 Å². The van der Waals surface area contributed by atoms with Gasteiger partial charge in [0, 0.05) is 11.3 Å². The number of ether oxygens (including phenoxy) is 1. The number of fused-ring (bicyclic) bond motifs is 1. The molecule has 0 saturated carbocycles. The molecule has 8 nitrogen and oxygen atoms in total. The van der Waals surface area contributed by atoms with Crippen LogP contribution in [0.25, 0.3) is 10.8 Å². The topological polar surface area (TPSA) is 130 Å². The second-order valence-corrected chi connectivity index (χ2v) is 6.63. The Balaban J connectivity index is 2.59. The van der Waals surface area contributed by atoms with Gasteiger partial charge in [0.05, 0.1) is 16.4 Å². The number of phenols is 2. The largest absolute Gasteiger partial charge is 0.504 e. The average Bonchev–Trinajstić information content (AvgIpc) is 2.52. The van der Waals surface area contributed by atoms with E-state index in [2.05, 4.69) is 0 Å². The monoisotopic (exact) mass is 351 g/mol. The predicted octanol–water partition coefficient (Wildman–Crippen LogP) is 0.560. The molecule has 0 amide bonds. The van der Waals surface area contributed by atoms with Gasteiger partial charge in [-0.25, -0.2) is 0 Å². The van der Waals surface area contributed by atoms with Crippen molar-refractivity contribution in [1.82, 2.24) is 0 Å². The third kappa shape index (κ3) is 3.31. The maximum atomic E-state index is 11.6. The Labute approximate surface area is 139 Å². The summed E-state index contributed by atoms with van der Waals surface area (Å²) in [6.07, 6.45) is 0. The van der Waals surface area contributed by atoms with Crippen molar-refractivity contribution in [3.05, 3.63) is 33.9 Å². The summed E-state index contributed by atoms with van der Waals surface area (Å²) in [5.41, 5.74) is -0.120. The van der Waals surface area contributed by atoms with Gasteiger partial charge in [0.25, 0.3) is 5.69 Å². The van der Waals surface area contributed by atoms with Gasteiger partial charge in [0.1, 0.15) is 6.61 Å². The van der Waals surface area contributed by atoms with Crippen molar-refractivity contribution in [2.24, 2.45) is 5.92 Å². The number of nitrogens with zero attached hydrogens (tertiary/aromatic N) is 1. The molecule has 24 heavy (non-hydrogen) atoms. The molecule has 2 aromatic rings. The Kier molecular flexibility index (Phi) is 5.05. The molecule has 0 saturated heterocycles. The number of phenolic OH excluding ortho intramolecular Hbond substituents is 2. The summed E-state index contributed by atoms with van der Waals surface area (Å²) >= 11 is 0. The Morgan fingerprint density at radius 2 is 2.00 bits per heavy atom. The first-order valence-corrected chi connectivity index (χ1v) is 8.52. The molecule has 0 atom stereocenters. The van der Waals surface area contributed by atoms with Gasteiger partial charge in [-0.2, -0.15) is 0 Å². The van der Waals surface area contributed by atoms with E-state index in [0.717, 1.165) is 0 Å². The van der Waals surface area contributed by atoms with Crippen LogP contribution in [-0.2, 0) is 16.1 Å². The number of carbonyl (C=O) groups is 1. The predicted molar refractivity (Wildman–Crippen MR) is 89.0 cm³/mol. The van der Waals surface area contributed by atoms with Crippen molar-refractivity contribution in [3.8, 4) is 11.5 Å². The average molecular weight is 351 g/mol. The number of nitro benzene ring substituents is 1. The molecular weight excluding hydrogens is 334 g/mol. The minimum atomic E-state index is -1.89. The molecule has 0 unspecified atom stereocenters. The minimum Gasteiger partial charge on any atom is -0.504 e. The Hall–Kier alpha value is -2.65. The lowest BCUT2D eigenvalue weighted by Gasteiger charge is -2.12. The van der Waals surface area contributed by atoms with Crippen LogP contribution in [0.3, 0.4) is 0 Å². The number of hydrogen-bond acceptors (Lipinski definition) is 7. The fourth-order valence-electron chi connectivity index (χ4n) is 2.29. The summed E-state index contributed by atoms with van der Waals surface area (Å²) in [4.78, 5) is 31.8. The highest BCUT2D eigenvalue weighted by atomic mass is 28.2. The van der Waals surface area contributed by atoms with Crippen molar-refractivity contribution < 1.29 is 29.5 Å². The molecule has 0 aromatic heterocycles. The zero-order chi connectivity index (χ0) is 18.0. The molecule has 0 aliphatic carbocycles. The molecule has 128 valence electrons. The molecule has 0 bridgehead atoms. The quantitative estimate of drug-likeness (QED) is 0.236. The number of hydrogen-bond donors (Lipinski definition) is 3. The summed E-state index contributed by atoms with van der Waals surface area (Å²) in [5.74, 6) is -1.73. The Morgan fingerprint density at radius 1 is 1.33 bits per heavy atom. The van der Waals surface area contributed by atoms with Crippen LogP contribution in [-0.4, -0.2) is 35.7 Å². The maximum absolute atomic E-state index is 11.6. The molecule has 0 spiro atoms. The minimum absolute atomic E-state index is 0.124. The van der Waals surface area contributed by atoms with Gasteiger partial charge >= 0.3 is 5.97 Å². The van der Waals surface area contributed by atoms with Crippen LogP contribution >= 0.6 is 0 Å². The summed E-state index contributed by atoms with van der Waals surface area (Å²) in [5, 5.41) is 31.7. The zero-order valence-corrected chi connectivity index (χ0v) is 14.6. The van der Waals surface area contributed by atoms with Crippen molar-refractivity contribution >= 4 is 37.4 Å². The van der Waals surface area contributed by atoms with Crippen molar-refractivity contribution in [1.29, 1.82) is 0 Å². The van der Waals surface area contributed by atoms with Crippen LogP contribution in [0.4, 0.5) is 5.69 Å². The van der Waals surface area contributed by atoms with E-state index >= 15 is 0 Å². The lowest BCUT2D eigenvalue weighted by Crippen LogP contribution is -2.16. The molecule has 3 N–H and O–H groups in total. The van der Waals surface area contributed by atoms with Crippen LogP contribution in [0.1, 0.15) is 19.4 Å². The zero-order valence-electron chi connectivity index (χ0n) is 13.1. The van der Waals surface area contributed by atoms with Crippen molar-refractivity contribution in [2.45, 2.75) is 20.5 Å². The maximum Gasteiger partial charge on any atom is 0.308 e. The summed E-state index contributed by atoms with van der Waals surface area (Å²) < 4.78 is 5.04.